The van der Waals surface area contributed by atoms with E-state index in [1.165, 1.54) is 64.7 Å². The highest BCUT2D eigenvalue weighted by Crippen LogP contribution is 2.29. The topological polar surface area (TPSA) is 34.1 Å². The number of hydrogen-bond donors (Lipinski definition) is 0. The zero-order valence-corrected chi connectivity index (χ0v) is 35.6. The van der Waals surface area contributed by atoms with Crippen LogP contribution in [0.2, 0.25) is 0 Å². The van der Waals surface area contributed by atoms with Gasteiger partial charge in [0.05, 0.1) is 0 Å². The van der Waals surface area contributed by atoms with E-state index in [1.807, 2.05) is 12.1 Å². The molecule has 0 radical (unpaired) electrons. The second kappa shape index (κ2) is 25.5. The van der Waals surface area contributed by atoms with Crippen LogP contribution < -0.4 is 0 Å². The molecule has 0 amide bonds. The minimum absolute atomic E-state index is 0.00134. The van der Waals surface area contributed by atoms with Gasteiger partial charge in [0.25, 0.3) is 0 Å². The van der Waals surface area contributed by atoms with Gasteiger partial charge in [0.15, 0.2) is 11.6 Å². The van der Waals surface area contributed by atoms with Crippen molar-refractivity contribution in [2.75, 3.05) is 0 Å². The highest BCUT2D eigenvalue weighted by atomic mass is 16.1. The molecule has 0 aliphatic heterocycles. The summed E-state index contributed by atoms with van der Waals surface area (Å²) in [5, 5.41) is 0. The number of hydrogen-bond acceptors (Lipinski definition) is 2. The van der Waals surface area contributed by atoms with Crippen molar-refractivity contribution < 1.29 is 9.59 Å². The van der Waals surface area contributed by atoms with Crippen molar-refractivity contribution in [1.29, 1.82) is 0 Å². The predicted octanol–water partition coefficient (Wildman–Crippen LogP) is 15.9. The summed E-state index contributed by atoms with van der Waals surface area (Å²) in [6, 6.07) is 7.18. The zero-order chi connectivity index (χ0) is 39.2. The second-order valence-electron chi connectivity index (χ2n) is 16.1. The van der Waals surface area contributed by atoms with E-state index >= 15 is 0 Å². The number of carbonyl (C=O) groups is 2. The molecule has 0 heterocycles. The summed E-state index contributed by atoms with van der Waals surface area (Å²) in [6.07, 6.45) is 34.5. The number of benzene rings is 1. The fraction of sp³-hybridized carbons (Fsp3) is 0.529. The molecule has 2 nitrogen and oxygen atoms in total. The molecule has 1 aromatic rings. The summed E-state index contributed by atoms with van der Waals surface area (Å²) >= 11 is 0. The summed E-state index contributed by atoms with van der Waals surface area (Å²) in [5.41, 5.74) is 12.7. The number of Topliss-reactive ketones (excluding diaryl/α,β-unsaturated/α-hetero) is 2. The second-order valence-corrected chi connectivity index (χ2v) is 16.1. The molecule has 0 spiro atoms. The van der Waals surface area contributed by atoms with Gasteiger partial charge in [-0.3, -0.25) is 9.59 Å². The van der Waals surface area contributed by atoms with Crippen molar-refractivity contribution in [3.63, 3.8) is 0 Å². The number of allylic oxidation sites excluding steroid dienone is 16. The minimum Gasteiger partial charge on any atom is -0.289 e. The Morgan fingerprint density at radius 3 is 1.40 bits per heavy atom. The third-order valence-corrected chi connectivity index (χ3v) is 11.0. The molecule has 2 heteroatoms. The van der Waals surface area contributed by atoms with E-state index < -0.39 is 0 Å². The van der Waals surface area contributed by atoms with Crippen LogP contribution in [0.5, 0.6) is 0 Å². The molecule has 0 fully saturated rings. The van der Waals surface area contributed by atoms with Gasteiger partial charge in [0, 0.05) is 22.3 Å². The summed E-state index contributed by atoms with van der Waals surface area (Å²) < 4.78 is 0. The van der Waals surface area contributed by atoms with E-state index in [4.69, 9.17) is 0 Å². The SMILES string of the molecule is CC/C(C)=C/CC/C(C)=C\CC/C(C)=C/CC/C(C)=C/CC/C(C)=C/CC/C(C)=C/C[C@H](C)CCC/C(C)=C/CC1=C(C)C(=O)c2ccccc2C1=O. The van der Waals surface area contributed by atoms with Crippen LogP contribution in [0.15, 0.2) is 117 Å². The van der Waals surface area contributed by atoms with Crippen LogP contribution in [0.25, 0.3) is 0 Å². The van der Waals surface area contributed by atoms with Crippen molar-refractivity contribution in [2.24, 2.45) is 5.92 Å². The smallest absolute Gasteiger partial charge is 0.190 e. The number of rotatable bonds is 24. The van der Waals surface area contributed by atoms with Gasteiger partial charge in [-0.05, 0) is 158 Å². The molecule has 290 valence electrons. The number of fused-ring (bicyclic) bond motifs is 1. The lowest BCUT2D eigenvalue weighted by molar-refractivity contribution is 0.0973. The highest BCUT2D eigenvalue weighted by molar-refractivity contribution is 6.26. The fourth-order valence-corrected chi connectivity index (χ4v) is 6.81. The summed E-state index contributed by atoms with van der Waals surface area (Å²) in [6.45, 7) is 22.2. The average molecular weight is 719 g/mol. The van der Waals surface area contributed by atoms with Gasteiger partial charge in [0.1, 0.15) is 0 Å². The van der Waals surface area contributed by atoms with Gasteiger partial charge in [-0.2, -0.15) is 0 Å². The Balaban J connectivity index is 1.61. The van der Waals surface area contributed by atoms with Crippen molar-refractivity contribution >= 4 is 11.6 Å². The Kier molecular flexibility index (Phi) is 21.9. The van der Waals surface area contributed by atoms with E-state index in [1.54, 1.807) is 19.1 Å². The van der Waals surface area contributed by atoms with Crippen LogP contribution in [0.4, 0.5) is 0 Å². The molecule has 0 saturated heterocycles. The summed E-state index contributed by atoms with van der Waals surface area (Å²) in [5.74, 6) is 0.641. The molecule has 0 aromatic heterocycles. The first-order chi connectivity index (χ1) is 25.3. The Bertz CT molecular complexity index is 1590. The predicted molar refractivity (Wildman–Crippen MR) is 233 cm³/mol. The molecule has 0 bridgehead atoms. The summed E-state index contributed by atoms with van der Waals surface area (Å²) in [7, 11) is 0. The van der Waals surface area contributed by atoms with Crippen molar-refractivity contribution in [1.82, 2.24) is 0 Å². The standard InChI is InChI=1S/C51H74O2/c1-11-38(2)20-14-21-39(3)22-15-23-40(4)24-16-25-41(5)26-17-27-42(6)28-18-29-43(7)34-35-44(8)30-19-31-45(9)36-37-47-46(10)50(52)48-32-12-13-33-49(48)51(47)53/h12-13,20,22,24,26,28,32-34,36,44H,11,14-19,21,23,25,27,29-31,35,37H2,1-10H3/b38-20+,39-22-,40-24+,41-26+,42-28+,43-34+,45-36+/t44-/m1/s1. The van der Waals surface area contributed by atoms with Crippen molar-refractivity contribution in [3.8, 4) is 0 Å². The van der Waals surface area contributed by atoms with Crippen molar-refractivity contribution in [3.05, 3.63) is 128 Å². The Hall–Kier alpha value is -3.52. The lowest BCUT2D eigenvalue weighted by Crippen LogP contribution is -2.20. The first-order valence-corrected chi connectivity index (χ1v) is 20.8. The molecule has 1 aromatic carbocycles. The first-order valence-electron chi connectivity index (χ1n) is 20.8. The average Bonchev–Trinajstić information content (AvgIpc) is 3.13. The van der Waals surface area contributed by atoms with Crippen LogP contribution in [0, 0.1) is 5.92 Å². The van der Waals surface area contributed by atoms with E-state index in [0.29, 0.717) is 34.6 Å². The zero-order valence-electron chi connectivity index (χ0n) is 35.6. The number of ketones is 2. The van der Waals surface area contributed by atoms with Gasteiger partial charge in [-0.15, -0.1) is 0 Å². The van der Waals surface area contributed by atoms with E-state index in [-0.39, 0.29) is 11.6 Å². The minimum atomic E-state index is -0.0152. The Morgan fingerprint density at radius 2 is 0.943 bits per heavy atom. The molecular weight excluding hydrogens is 645 g/mol. The van der Waals surface area contributed by atoms with Crippen LogP contribution in [0.3, 0.4) is 0 Å². The monoisotopic (exact) mass is 719 g/mol. The van der Waals surface area contributed by atoms with Crippen LogP contribution >= 0.6 is 0 Å². The van der Waals surface area contributed by atoms with Gasteiger partial charge in [0.2, 0.25) is 0 Å². The molecule has 2 rings (SSSR count). The Labute approximate surface area is 326 Å². The molecule has 1 aliphatic rings. The molecule has 0 N–H and O–H groups in total. The van der Waals surface area contributed by atoms with E-state index in [0.717, 1.165) is 70.6 Å². The lowest BCUT2D eigenvalue weighted by atomic mass is 9.83. The molecule has 0 saturated carbocycles. The molecular formula is C51H74O2. The maximum Gasteiger partial charge on any atom is 0.190 e. The lowest BCUT2D eigenvalue weighted by Gasteiger charge is -2.18. The largest absolute Gasteiger partial charge is 0.289 e. The molecule has 1 atom stereocenters. The third kappa shape index (κ3) is 18.4. The third-order valence-electron chi connectivity index (χ3n) is 11.0. The quantitative estimate of drug-likeness (QED) is 0.0997. The van der Waals surface area contributed by atoms with Crippen molar-refractivity contribution in [2.45, 2.75) is 172 Å². The fourth-order valence-electron chi connectivity index (χ4n) is 6.81. The van der Waals surface area contributed by atoms with Gasteiger partial charge in [-0.25, -0.2) is 0 Å². The van der Waals surface area contributed by atoms with E-state index in [2.05, 4.69) is 105 Å². The Morgan fingerprint density at radius 1 is 0.547 bits per heavy atom. The van der Waals surface area contributed by atoms with E-state index in [9.17, 15) is 9.59 Å². The molecule has 1 aliphatic carbocycles. The van der Waals surface area contributed by atoms with Crippen LogP contribution in [-0.2, 0) is 0 Å². The van der Waals surface area contributed by atoms with Gasteiger partial charge < -0.3 is 0 Å². The first kappa shape index (κ1) is 45.6. The summed E-state index contributed by atoms with van der Waals surface area (Å²) in [4.78, 5) is 25.8. The highest BCUT2D eigenvalue weighted by Gasteiger charge is 2.28. The normalized spacial score (nSPS) is 16.2. The van der Waals surface area contributed by atoms with Crippen LogP contribution in [-0.4, -0.2) is 11.6 Å². The van der Waals surface area contributed by atoms with Gasteiger partial charge in [-0.1, -0.05) is 126 Å². The molecule has 53 heavy (non-hydrogen) atoms. The maximum atomic E-state index is 13.0. The number of carbonyl (C=O) groups excluding carboxylic acids is 2. The van der Waals surface area contributed by atoms with Crippen LogP contribution in [0.1, 0.15) is 193 Å². The molecule has 0 unspecified atom stereocenters. The maximum absolute atomic E-state index is 13.0. The van der Waals surface area contributed by atoms with Gasteiger partial charge >= 0.3 is 0 Å².